The van der Waals surface area contributed by atoms with Crippen molar-refractivity contribution in [3.05, 3.63) is 29.8 Å². The highest BCUT2D eigenvalue weighted by Crippen LogP contribution is 2.11. The Labute approximate surface area is 119 Å². The SMILES string of the molecule is CCc1cccc(NC(=O)CN(CC)CCC(=O)O)c1. The van der Waals surface area contributed by atoms with Crippen LogP contribution in [0.3, 0.4) is 0 Å². The lowest BCUT2D eigenvalue weighted by Crippen LogP contribution is -2.34. The zero-order valence-corrected chi connectivity index (χ0v) is 12.1. The molecule has 0 fully saturated rings. The van der Waals surface area contributed by atoms with Gasteiger partial charge in [0, 0.05) is 12.2 Å². The van der Waals surface area contributed by atoms with Crippen LogP contribution in [0.25, 0.3) is 0 Å². The van der Waals surface area contributed by atoms with Gasteiger partial charge in [-0.05, 0) is 30.7 Å². The second kappa shape index (κ2) is 8.32. The average molecular weight is 278 g/mol. The molecule has 0 aliphatic carbocycles. The molecular weight excluding hydrogens is 256 g/mol. The van der Waals surface area contributed by atoms with Gasteiger partial charge in [0.15, 0.2) is 0 Å². The number of carbonyl (C=O) groups excluding carboxylic acids is 1. The van der Waals surface area contributed by atoms with Crippen molar-refractivity contribution in [1.29, 1.82) is 0 Å². The second-order valence-electron chi connectivity index (χ2n) is 4.61. The van der Waals surface area contributed by atoms with Crippen molar-refractivity contribution >= 4 is 17.6 Å². The monoisotopic (exact) mass is 278 g/mol. The molecule has 20 heavy (non-hydrogen) atoms. The summed E-state index contributed by atoms with van der Waals surface area (Å²) < 4.78 is 0. The van der Waals surface area contributed by atoms with Gasteiger partial charge in [-0.1, -0.05) is 26.0 Å². The van der Waals surface area contributed by atoms with Gasteiger partial charge >= 0.3 is 5.97 Å². The van der Waals surface area contributed by atoms with Crippen LogP contribution in [0.5, 0.6) is 0 Å². The van der Waals surface area contributed by atoms with Gasteiger partial charge in [0.05, 0.1) is 13.0 Å². The van der Waals surface area contributed by atoms with E-state index in [0.29, 0.717) is 13.1 Å². The number of benzene rings is 1. The molecule has 1 aromatic rings. The highest BCUT2D eigenvalue weighted by molar-refractivity contribution is 5.92. The maximum absolute atomic E-state index is 11.9. The number of aliphatic carboxylic acids is 1. The fourth-order valence-electron chi connectivity index (χ4n) is 1.88. The summed E-state index contributed by atoms with van der Waals surface area (Å²) in [6, 6.07) is 7.73. The Kier molecular flexibility index (Phi) is 6.73. The summed E-state index contributed by atoms with van der Waals surface area (Å²) in [6.45, 7) is 5.21. The highest BCUT2D eigenvalue weighted by Gasteiger charge is 2.10. The topological polar surface area (TPSA) is 69.6 Å². The number of carboxylic acid groups (broad SMARTS) is 1. The largest absolute Gasteiger partial charge is 0.481 e. The molecule has 0 heterocycles. The fraction of sp³-hybridized carbons (Fsp3) is 0.467. The van der Waals surface area contributed by atoms with Crippen LogP contribution in [0.2, 0.25) is 0 Å². The normalized spacial score (nSPS) is 10.6. The molecule has 2 N–H and O–H groups in total. The zero-order chi connectivity index (χ0) is 15.0. The maximum Gasteiger partial charge on any atom is 0.304 e. The lowest BCUT2D eigenvalue weighted by atomic mass is 10.1. The number of rotatable bonds is 8. The predicted molar refractivity (Wildman–Crippen MR) is 78.8 cm³/mol. The first-order chi connectivity index (χ1) is 9.55. The number of hydrogen-bond donors (Lipinski definition) is 2. The van der Waals surface area contributed by atoms with Crippen LogP contribution in [-0.2, 0) is 16.0 Å². The minimum absolute atomic E-state index is 0.0481. The minimum atomic E-state index is -0.848. The molecule has 0 saturated heterocycles. The third-order valence-electron chi connectivity index (χ3n) is 3.08. The molecule has 110 valence electrons. The van der Waals surface area contributed by atoms with Crippen LogP contribution in [-0.4, -0.2) is 41.5 Å². The Morgan fingerprint density at radius 1 is 1.30 bits per heavy atom. The van der Waals surface area contributed by atoms with Crippen LogP contribution in [0, 0.1) is 0 Å². The first kappa shape index (κ1) is 16.2. The Balaban J connectivity index is 2.50. The number of hydrogen-bond acceptors (Lipinski definition) is 3. The molecule has 1 rings (SSSR count). The first-order valence-electron chi connectivity index (χ1n) is 6.88. The third kappa shape index (κ3) is 5.84. The summed E-state index contributed by atoms with van der Waals surface area (Å²) in [7, 11) is 0. The minimum Gasteiger partial charge on any atom is -0.481 e. The number of nitrogens with one attached hydrogen (secondary N) is 1. The molecule has 1 amide bonds. The van der Waals surface area contributed by atoms with E-state index in [9.17, 15) is 9.59 Å². The van der Waals surface area contributed by atoms with Crippen LogP contribution in [0.4, 0.5) is 5.69 Å². The Hall–Kier alpha value is -1.88. The summed E-state index contributed by atoms with van der Waals surface area (Å²) in [5.74, 6) is -0.968. The lowest BCUT2D eigenvalue weighted by molar-refractivity contribution is -0.137. The number of likely N-dealkylation sites (N-methyl/N-ethyl adjacent to an activating group) is 1. The van der Waals surface area contributed by atoms with Crippen molar-refractivity contribution in [3.8, 4) is 0 Å². The van der Waals surface area contributed by atoms with E-state index in [-0.39, 0.29) is 18.9 Å². The summed E-state index contributed by atoms with van der Waals surface area (Å²) >= 11 is 0. The molecule has 0 saturated carbocycles. The van der Waals surface area contributed by atoms with E-state index >= 15 is 0 Å². The molecule has 0 bridgehead atoms. The van der Waals surface area contributed by atoms with Crippen LogP contribution >= 0.6 is 0 Å². The van der Waals surface area contributed by atoms with Crippen LogP contribution in [0.1, 0.15) is 25.8 Å². The number of nitrogens with zero attached hydrogens (tertiary/aromatic N) is 1. The van der Waals surface area contributed by atoms with Gasteiger partial charge in [0.2, 0.25) is 5.91 Å². The molecule has 5 heteroatoms. The van der Waals surface area contributed by atoms with Gasteiger partial charge < -0.3 is 10.4 Å². The Morgan fingerprint density at radius 3 is 2.65 bits per heavy atom. The highest BCUT2D eigenvalue weighted by atomic mass is 16.4. The van der Waals surface area contributed by atoms with Crippen molar-refractivity contribution in [2.45, 2.75) is 26.7 Å². The molecule has 0 unspecified atom stereocenters. The van der Waals surface area contributed by atoms with Gasteiger partial charge in [-0.3, -0.25) is 14.5 Å². The summed E-state index contributed by atoms with van der Waals surface area (Å²) in [5.41, 5.74) is 1.95. The van der Waals surface area contributed by atoms with E-state index in [4.69, 9.17) is 5.11 Å². The van der Waals surface area contributed by atoms with E-state index in [1.165, 1.54) is 5.56 Å². The average Bonchev–Trinajstić information content (AvgIpc) is 2.43. The van der Waals surface area contributed by atoms with Crippen LogP contribution in [0.15, 0.2) is 24.3 Å². The number of carboxylic acids is 1. The lowest BCUT2D eigenvalue weighted by Gasteiger charge is -2.18. The smallest absolute Gasteiger partial charge is 0.304 e. The fourth-order valence-corrected chi connectivity index (χ4v) is 1.88. The Bertz CT molecular complexity index is 460. The van der Waals surface area contributed by atoms with Crippen molar-refractivity contribution in [2.75, 3.05) is 25.0 Å². The first-order valence-corrected chi connectivity index (χ1v) is 6.88. The standard InChI is InChI=1S/C15H22N2O3/c1-3-12-6-5-7-13(10-12)16-14(18)11-17(4-2)9-8-15(19)20/h5-7,10H,3-4,8-9,11H2,1-2H3,(H,16,18)(H,19,20). The van der Waals surface area contributed by atoms with Crippen molar-refractivity contribution in [3.63, 3.8) is 0 Å². The van der Waals surface area contributed by atoms with E-state index in [1.807, 2.05) is 36.1 Å². The van der Waals surface area contributed by atoms with Gasteiger partial charge in [0.25, 0.3) is 0 Å². The van der Waals surface area contributed by atoms with Crippen molar-refractivity contribution in [2.24, 2.45) is 0 Å². The van der Waals surface area contributed by atoms with Crippen molar-refractivity contribution in [1.82, 2.24) is 4.90 Å². The number of amides is 1. The van der Waals surface area contributed by atoms with Gasteiger partial charge in [-0.15, -0.1) is 0 Å². The number of carbonyl (C=O) groups is 2. The quantitative estimate of drug-likeness (QED) is 0.763. The maximum atomic E-state index is 11.9. The summed E-state index contributed by atoms with van der Waals surface area (Å²) in [5, 5.41) is 11.5. The number of aryl methyl sites for hydroxylation is 1. The van der Waals surface area contributed by atoms with Gasteiger partial charge in [0.1, 0.15) is 0 Å². The molecule has 0 aliphatic heterocycles. The number of anilines is 1. The summed E-state index contributed by atoms with van der Waals surface area (Å²) in [4.78, 5) is 24.3. The van der Waals surface area contributed by atoms with Crippen LogP contribution < -0.4 is 5.32 Å². The molecule has 1 aromatic carbocycles. The van der Waals surface area contributed by atoms with E-state index in [1.54, 1.807) is 0 Å². The Morgan fingerprint density at radius 2 is 2.05 bits per heavy atom. The molecule has 0 spiro atoms. The zero-order valence-electron chi connectivity index (χ0n) is 12.1. The van der Waals surface area contributed by atoms with E-state index in [2.05, 4.69) is 12.2 Å². The van der Waals surface area contributed by atoms with Crippen molar-refractivity contribution < 1.29 is 14.7 Å². The van der Waals surface area contributed by atoms with Gasteiger partial charge in [-0.25, -0.2) is 0 Å². The second-order valence-corrected chi connectivity index (χ2v) is 4.61. The predicted octanol–water partition coefficient (Wildman–Crippen LogP) is 1.98. The molecule has 0 aromatic heterocycles. The molecule has 0 atom stereocenters. The molecule has 5 nitrogen and oxygen atoms in total. The third-order valence-corrected chi connectivity index (χ3v) is 3.08. The summed E-state index contributed by atoms with van der Waals surface area (Å²) in [6.07, 6.45) is 0.968. The van der Waals surface area contributed by atoms with Gasteiger partial charge in [-0.2, -0.15) is 0 Å². The molecular formula is C15H22N2O3. The molecule has 0 aliphatic rings. The molecule has 0 radical (unpaired) electrons. The van der Waals surface area contributed by atoms with E-state index in [0.717, 1.165) is 12.1 Å². The van der Waals surface area contributed by atoms with E-state index < -0.39 is 5.97 Å².